The number of hydrogen-bond acceptors (Lipinski definition) is 6. The van der Waals surface area contributed by atoms with Crippen molar-refractivity contribution < 1.29 is 9.47 Å². The first kappa shape index (κ1) is 23.1. The van der Waals surface area contributed by atoms with Crippen molar-refractivity contribution >= 4 is 47.5 Å². The summed E-state index contributed by atoms with van der Waals surface area (Å²) < 4.78 is 10.8. The van der Waals surface area contributed by atoms with Crippen LogP contribution in [0.4, 0.5) is 11.4 Å². The molecule has 3 aromatic rings. The number of rotatable bonds is 5. The Morgan fingerprint density at radius 3 is 2.72 bits per heavy atom. The van der Waals surface area contributed by atoms with Gasteiger partial charge in [0.2, 0.25) is 0 Å². The Morgan fingerprint density at radius 2 is 1.97 bits per heavy atom. The van der Waals surface area contributed by atoms with Crippen molar-refractivity contribution in [1.82, 2.24) is 4.98 Å². The lowest BCUT2D eigenvalue weighted by Gasteiger charge is -2.31. The van der Waals surface area contributed by atoms with Crippen molar-refractivity contribution in [1.29, 1.82) is 0 Å². The number of anilines is 2. The summed E-state index contributed by atoms with van der Waals surface area (Å²) in [5.74, 6) is 1.54. The predicted octanol–water partition coefficient (Wildman–Crippen LogP) is 5.21. The third-order valence-electron chi connectivity index (χ3n) is 4.93. The van der Waals surface area contributed by atoms with Crippen LogP contribution in [-0.2, 0) is 13.0 Å². The first-order chi connectivity index (χ1) is 13.2. The Bertz CT molecular complexity index is 965. The van der Waals surface area contributed by atoms with Crippen LogP contribution in [0.15, 0.2) is 41.8 Å². The Morgan fingerprint density at radius 1 is 1.14 bits per heavy atom. The van der Waals surface area contributed by atoms with Crippen LogP contribution in [0.3, 0.4) is 0 Å². The number of nitrogens with two attached hydrogens (primary N) is 1. The van der Waals surface area contributed by atoms with Crippen molar-refractivity contribution in [3.05, 3.63) is 53.0 Å². The summed E-state index contributed by atoms with van der Waals surface area (Å²) in [5.41, 5.74) is 11.6. The highest BCUT2D eigenvalue weighted by Crippen LogP contribution is 2.36. The molecule has 0 bridgehead atoms. The van der Waals surface area contributed by atoms with E-state index in [9.17, 15) is 0 Å². The fraction of sp³-hybridized carbons (Fsp3) is 0.286. The topological polar surface area (TPSA) is 60.6 Å². The van der Waals surface area contributed by atoms with Crippen LogP contribution < -0.4 is 20.1 Å². The first-order valence-corrected chi connectivity index (χ1v) is 9.86. The van der Waals surface area contributed by atoms with E-state index in [-0.39, 0.29) is 24.8 Å². The van der Waals surface area contributed by atoms with Crippen molar-refractivity contribution in [2.75, 3.05) is 31.4 Å². The van der Waals surface area contributed by atoms with E-state index < -0.39 is 0 Å². The zero-order valence-electron chi connectivity index (χ0n) is 16.4. The maximum atomic E-state index is 6.17. The second kappa shape index (κ2) is 10.1. The van der Waals surface area contributed by atoms with Crippen molar-refractivity contribution in [3.8, 4) is 22.1 Å². The maximum Gasteiger partial charge on any atom is 0.132 e. The smallest absolute Gasteiger partial charge is 0.132 e. The molecular weight excluding hydrogens is 429 g/mol. The summed E-state index contributed by atoms with van der Waals surface area (Å²) in [4.78, 5) is 7.23. The molecule has 0 saturated heterocycles. The number of benzene rings is 2. The number of halogens is 2. The number of hydrogen-bond donors (Lipinski definition) is 1. The monoisotopic (exact) mass is 453 g/mol. The molecule has 0 radical (unpaired) electrons. The Hall–Kier alpha value is -2.15. The SMILES string of the molecule is COc1ccc(-c2nc(CN3CCCc4c(N)cccc43)cs2)c(OC)c1.Cl.Cl. The fourth-order valence-electron chi connectivity index (χ4n) is 3.57. The first-order valence-electron chi connectivity index (χ1n) is 8.98. The van der Waals surface area contributed by atoms with Crippen molar-refractivity contribution in [2.24, 2.45) is 0 Å². The molecule has 0 spiro atoms. The lowest BCUT2D eigenvalue weighted by molar-refractivity contribution is 0.395. The van der Waals surface area contributed by atoms with Crippen LogP contribution >= 0.6 is 36.2 Å². The van der Waals surface area contributed by atoms with Crippen LogP contribution in [0, 0.1) is 0 Å². The van der Waals surface area contributed by atoms with Gasteiger partial charge in [-0.25, -0.2) is 4.98 Å². The van der Waals surface area contributed by atoms with Gasteiger partial charge in [0.1, 0.15) is 16.5 Å². The van der Waals surface area contributed by atoms with Gasteiger partial charge in [0, 0.05) is 29.4 Å². The molecule has 1 aliphatic rings. The number of aromatic nitrogens is 1. The van der Waals surface area contributed by atoms with E-state index in [0.29, 0.717) is 0 Å². The molecule has 1 aromatic heterocycles. The predicted molar refractivity (Wildman–Crippen MR) is 125 cm³/mol. The molecule has 2 aromatic carbocycles. The van der Waals surface area contributed by atoms with Crippen LogP contribution in [0.1, 0.15) is 17.7 Å². The summed E-state index contributed by atoms with van der Waals surface area (Å²) in [6, 6.07) is 12.0. The molecule has 156 valence electrons. The second-order valence-electron chi connectivity index (χ2n) is 6.58. The number of nitrogens with zero attached hydrogens (tertiary/aromatic N) is 2. The molecule has 0 aliphatic carbocycles. The van der Waals surface area contributed by atoms with E-state index in [1.807, 2.05) is 30.3 Å². The Balaban J connectivity index is 0.00000150. The van der Waals surface area contributed by atoms with Crippen LogP contribution in [0.2, 0.25) is 0 Å². The molecule has 1 aliphatic heterocycles. The average molecular weight is 454 g/mol. The van der Waals surface area contributed by atoms with E-state index in [2.05, 4.69) is 16.3 Å². The number of thiazole rings is 1. The highest BCUT2D eigenvalue weighted by molar-refractivity contribution is 7.13. The molecule has 0 atom stereocenters. The molecule has 0 amide bonds. The van der Waals surface area contributed by atoms with Crippen molar-refractivity contribution in [2.45, 2.75) is 19.4 Å². The van der Waals surface area contributed by atoms with Gasteiger partial charge >= 0.3 is 0 Å². The number of fused-ring (bicyclic) bond motifs is 1. The maximum absolute atomic E-state index is 6.17. The average Bonchev–Trinajstić information content (AvgIpc) is 3.16. The minimum absolute atomic E-state index is 0. The van der Waals surface area contributed by atoms with E-state index in [4.69, 9.17) is 20.2 Å². The van der Waals surface area contributed by atoms with Crippen LogP contribution in [-0.4, -0.2) is 25.7 Å². The third kappa shape index (κ3) is 4.71. The molecule has 2 heterocycles. The summed E-state index contributed by atoms with van der Waals surface area (Å²) in [6.45, 7) is 1.81. The van der Waals surface area contributed by atoms with Gasteiger partial charge in [0.25, 0.3) is 0 Å². The van der Waals surface area contributed by atoms with Gasteiger partial charge < -0.3 is 20.1 Å². The Labute approximate surface area is 187 Å². The van der Waals surface area contributed by atoms with E-state index >= 15 is 0 Å². The van der Waals surface area contributed by atoms with E-state index in [0.717, 1.165) is 59.4 Å². The van der Waals surface area contributed by atoms with Gasteiger partial charge in [-0.3, -0.25) is 0 Å². The molecule has 0 unspecified atom stereocenters. The highest BCUT2D eigenvalue weighted by atomic mass is 35.5. The molecule has 2 N–H and O–H groups in total. The van der Waals surface area contributed by atoms with Crippen molar-refractivity contribution in [3.63, 3.8) is 0 Å². The normalized spacial score (nSPS) is 12.4. The highest BCUT2D eigenvalue weighted by Gasteiger charge is 2.20. The number of nitrogen functional groups attached to an aromatic ring is 1. The third-order valence-corrected chi connectivity index (χ3v) is 5.85. The van der Waals surface area contributed by atoms with Gasteiger partial charge in [0.05, 0.1) is 32.0 Å². The minimum atomic E-state index is 0. The quantitative estimate of drug-likeness (QED) is 0.537. The largest absolute Gasteiger partial charge is 0.497 e. The molecule has 4 rings (SSSR count). The summed E-state index contributed by atoms with van der Waals surface area (Å²) >= 11 is 1.64. The van der Waals surface area contributed by atoms with Gasteiger partial charge in [-0.1, -0.05) is 6.07 Å². The van der Waals surface area contributed by atoms with Crippen LogP contribution in [0.25, 0.3) is 10.6 Å². The standard InChI is InChI=1S/C21H23N3O2S.2ClH/c1-25-15-8-9-17(20(11-15)26-2)21-23-14(13-27-21)12-24-10-4-5-16-18(22)6-3-7-19(16)24;;/h3,6-9,11,13H,4-5,10,12,22H2,1-2H3;2*1H. The molecule has 5 nitrogen and oxygen atoms in total. The van der Waals surface area contributed by atoms with Gasteiger partial charge in [-0.15, -0.1) is 36.2 Å². The summed E-state index contributed by atoms with van der Waals surface area (Å²) in [6.07, 6.45) is 2.16. The van der Waals surface area contributed by atoms with E-state index in [1.165, 1.54) is 11.3 Å². The van der Waals surface area contributed by atoms with Gasteiger partial charge in [-0.05, 0) is 42.7 Å². The summed E-state index contributed by atoms with van der Waals surface area (Å²) in [5, 5.41) is 3.08. The van der Waals surface area contributed by atoms with Gasteiger partial charge in [-0.2, -0.15) is 0 Å². The lowest BCUT2D eigenvalue weighted by atomic mass is 10.00. The minimum Gasteiger partial charge on any atom is -0.497 e. The molecule has 0 saturated carbocycles. The zero-order chi connectivity index (χ0) is 18.8. The molecule has 0 fully saturated rings. The zero-order valence-corrected chi connectivity index (χ0v) is 18.8. The molecule has 8 heteroatoms. The summed E-state index contributed by atoms with van der Waals surface area (Å²) in [7, 11) is 3.32. The second-order valence-corrected chi connectivity index (χ2v) is 7.44. The van der Waals surface area contributed by atoms with E-state index in [1.54, 1.807) is 25.6 Å². The fourth-order valence-corrected chi connectivity index (χ4v) is 4.41. The lowest BCUT2D eigenvalue weighted by Crippen LogP contribution is -2.29. The number of ether oxygens (including phenoxy) is 2. The van der Waals surface area contributed by atoms with Crippen LogP contribution in [0.5, 0.6) is 11.5 Å². The molecule has 29 heavy (non-hydrogen) atoms. The number of methoxy groups -OCH3 is 2. The molecular formula is C21H25Cl2N3O2S. The van der Waals surface area contributed by atoms with Gasteiger partial charge in [0.15, 0.2) is 0 Å². The Kier molecular flexibility index (Phi) is 8.02.